The van der Waals surface area contributed by atoms with Gasteiger partial charge in [0.05, 0.1) is 6.04 Å². The van der Waals surface area contributed by atoms with Gasteiger partial charge in [-0.15, -0.1) is 11.3 Å². The first-order valence-electron chi connectivity index (χ1n) is 6.47. The zero-order valence-electron chi connectivity index (χ0n) is 12.5. The topological polar surface area (TPSA) is 78.4 Å². The van der Waals surface area contributed by atoms with Crippen molar-refractivity contribution >= 4 is 23.3 Å². The molecule has 0 aliphatic carbocycles. The third-order valence-corrected chi connectivity index (χ3v) is 4.11. The van der Waals surface area contributed by atoms with E-state index in [1.165, 1.54) is 4.88 Å². The van der Waals surface area contributed by atoms with E-state index in [1.807, 2.05) is 26.0 Å². The fraction of sp³-hybridized carbons (Fsp3) is 0.571. The normalized spacial score (nSPS) is 14.4. The summed E-state index contributed by atoms with van der Waals surface area (Å²) in [6.07, 6.45) is 0. The summed E-state index contributed by atoms with van der Waals surface area (Å²) in [5.41, 5.74) is -0.550. The van der Waals surface area contributed by atoms with Crippen LogP contribution >= 0.6 is 11.3 Å². The van der Waals surface area contributed by atoms with E-state index in [2.05, 4.69) is 10.6 Å². The summed E-state index contributed by atoms with van der Waals surface area (Å²) in [5.74, 6) is -1.03. The Labute approximate surface area is 123 Å². The fourth-order valence-corrected chi connectivity index (χ4v) is 2.66. The van der Waals surface area contributed by atoms with Crippen LogP contribution in [0.15, 0.2) is 12.1 Å². The van der Waals surface area contributed by atoms with Crippen LogP contribution in [0.5, 0.6) is 0 Å². The highest BCUT2D eigenvalue weighted by atomic mass is 32.1. The second-order valence-corrected chi connectivity index (χ2v) is 7.24. The standard InChI is InChI=1S/C14H22N2O3S/c1-8-6-7-10(20-8)9(2)15-13(19)16-11(12(17)18)14(3,4)5/h6-7,9,11H,1-5H3,(H,17,18)(H2,15,16,19)/t9?,11-/m0/s1. The molecule has 0 aliphatic heterocycles. The van der Waals surface area contributed by atoms with Crippen LogP contribution in [0.2, 0.25) is 0 Å². The number of carbonyl (C=O) groups excluding carboxylic acids is 1. The molecule has 5 nitrogen and oxygen atoms in total. The number of amides is 2. The third kappa shape index (κ3) is 4.52. The maximum atomic E-state index is 11.9. The van der Waals surface area contributed by atoms with Crippen molar-refractivity contribution in [1.82, 2.24) is 10.6 Å². The number of carbonyl (C=O) groups is 2. The Morgan fingerprint density at radius 1 is 1.25 bits per heavy atom. The highest BCUT2D eigenvalue weighted by Gasteiger charge is 2.32. The van der Waals surface area contributed by atoms with Crippen molar-refractivity contribution in [3.8, 4) is 0 Å². The minimum atomic E-state index is -1.03. The number of hydrogen-bond donors (Lipinski definition) is 3. The maximum Gasteiger partial charge on any atom is 0.326 e. The molecule has 0 aromatic carbocycles. The number of aliphatic carboxylic acids is 1. The average Bonchev–Trinajstić information content (AvgIpc) is 2.70. The number of rotatable bonds is 4. The Kier molecular flexibility index (Phi) is 5.16. The van der Waals surface area contributed by atoms with E-state index in [1.54, 1.807) is 32.1 Å². The SMILES string of the molecule is Cc1ccc(C(C)NC(=O)N[C@@H](C(=O)O)C(C)(C)C)s1. The van der Waals surface area contributed by atoms with Gasteiger partial charge in [0.15, 0.2) is 0 Å². The van der Waals surface area contributed by atoms with Crippen LogP contribution in [0.4, 0.5) is 4.79 Å². The Morgan fingerprint density at radius 3 is 2.25 bits per heavy atom. The van der Waals surface area contributed by atoms with Crippen molar-refractivity contribution in [2.24, 2.45) is 5.41 Å². The van der Waals surface area contributed by atoms with Gasteiger partial charge in [-0.3, -0.25) is 0 Å². The lowest BCUT2D eigenvalue weighted by molar-refractivity contribution is -0.141. The van der Waals surface area contributed by atoms with Gasteiger partial charge in [0.25, 0.3) is 0 Å². The highest BCUT2D eigenvalue weighted by Crippen LogP contribution is 2.23. The molecule has 3 N–H and O–H groups in total. The van der Waals surface area contributed by atoms with Crippen LogP contribution in [0.1, 0.15) is 43.5 Å². The van der Waals surface area contributed by atoms with E-state index >= 15 is 0 Å². The lowest BCUT2D eigenvalue weighted by Gasteiger charge is -2.28. The van der Waals surface area contributed by atoms with Gasteiger partial charge in [-0.1, -0.05) is 20.8 Å². The lowest BCUT2D eigenvalue weighted by Crippen LogP contribution is -2.52. The number of thiophene rings is 1. The van der Waals surface area contributed by atoms with Crippen molar-refractivity contribution in [2.75, 3.05) is 0 Å². The van der Waals surface area contributed by atoms with Gasteiger partial charge in [-0.25, -0.2) is 9.59 Å². The zero-order valence-corrected chi connectivity index (χ0v) is 13.3. The van der Waals surface area contributed by atoms with Crippen molar-refractivity contribution in [3.63, 3.8) is 0 Å². The second-order valence-electron chi connectivity index (χ2n) is 5.93. The summed E-state index contributed by atoms with van der Waals surface area (Å²) >= 11 is 1.61. The van der Waals surface area contributed by atoms with E-state index in [4.69, 9.17) is 0 Å². The molecular formula is C14H22N2O3S. The van der Waals surface area contributed by atoms with Crippen LogP contribution in [0, 0.1) is 12.3 Å². The van der Waals surface area contributed by atoms with Crippen molar-refractivity contribution in [2.45, 2.75) is 46.7 Å². The minimum Gasteiger partial charge on any atom is -0.480 e. The van der Waals surface area contributed by atoms with Gasteiger partial charge in [-0.2, -0.15) is 0 Å². The smallest absolute Gasteiger partial charge is 0.326 e. The summed E-state index contributed by atoms with van der Waals surface area (Å²) in [6, 6.07) is 2.41. The van der Waals surface area contributed by atoms with Gasteiger partial charge in [0.2, 0.25) is 0 Å². The molecule has 0 saturated heterocycles. The van der Waals surface area contributed by atoms with Crippen LogP contribution in [-0.2, 0) is 4.79 Å². The summed E-state index contributed by atoms with van der Waals surface area (Å²) in [7, 11) is 0. The van der Waals surface area contributed by atoms with E-state index in [0.29, 0.717) is 0 Å². The molecule has 1 unspecified atom stereocenters. The number of urea groups is 1. The third-order valence-electron chi connectivity index (χ3n) is 2.92. The number of carboxylic acid groups (broad SMARTS) is 1. The quantitative estimate of drug-likeness (QED) is 0.799. The molecule has 0 spiro atoms. The minimum absolute atomic E-state index is 0.150. The van der Waals surface area contributed by atoms with Gasteiger partial charge in [0.1, 0.15) is 6.04 Å². The highest BCUT2D eigenvalue weighted by molar-refractivity contribution is 7.12. The molecule has 0 fully saturated rings. The number of nitrogens with one attached hydrogen (secondary N) is 2. The summed E-state index contributed by atoms with van der Waals surface area (Å²) in [5, 5.41) is 14.5. The summed E-state index contributed by atoms with van der Waals surface area (Å²) in [4.78, 5) is 25.3. The maximum absolute atomic E-state index is 11.9. The molecule has 112 valence electrons. The van der Waals surface area contributed by atoms with E-state index in [-0.39, 0.29) is 6.04 Å². The average molecular weight is 298 g/mol. The van der Waals surface area contributed by atoms with Crippen molar-refractivity contribution < 1.29 is 14.7 Å². The Balaban J connectivity index is 2.65. The molecule has 1 aromatic rings. The molecule has 0 aliphatic rings. The first-order valence-corrected chi connectivity index (χ1v) is 7.29. The Hall–Kier alpha value is -1.56. The largest absolute Gasteiger partial charge is 0.480 e. The Morgan fingerprint density at radius 2 is 1.85 bits per heavy atom. The molecule has 0 radical (unpaired) electrons. The molecule has 20 heavy (non-hydrogen) atoms. The van der Waals surface area contributed by atoms with Crippen molar-refractivity contribution in [3.05, 3.63) is 21.9 Å². The predicted octanol–water partition coefficient (Wildman–Crippen LogP) is 2.92. The zero-order chi connectivity index (χ0) is 15.5. The molecule has 1 aromatic heterocycles. The molecule has 6 heteroatoms. The van der Waals surface area contributed by atoms with Gasteiger partial charge in [-0.05, 0) is 31.4 Å². The molecule has 2 atom stereocenters. The fourth-order valence-electron chi connectivity index (χ4n) is 1.78. The lowest BCUT2D eigenvalue weighted by atomic mass is 9.87. The first kappa shape index (κ1) is 16.5. The van der Waals surface area contributed by atoms with Crippen LogP contribution < -0.4 is 10.6 Å². The first-order chi connectivity index (χ1) is 9.11. The predicted molar refractivity (Wildman–Crippen MR) is 80.0 cm³/mol. The van der Waals surface area contributed by atoms with Crippen molar-refractivity contribution in [1.29, 1.82) is 0 Å². The number of hydrogen-bond acceptors (Lipinski definition) is 3. The summed E-state index contributed by atoms with van der Waals surface area (Å²) in [6.45, 7) is 9.20. The molecule has 0 bridgehead atoms. The molecule has 1 heterocycles. The van der Waals surface area contributed by atoms with Gasteiger partial charge < -0.3 is 15.7 Å². The summed E-state index contributed by atoms with van der Waals surface area (Å²) < 4.78 is 0. The molecule has 0 saturated carbocycles. The van der Waals surface area contributed by atoms with Crippen LogP contribution in [0.3, 0.4) is 0 Å². The number of carboxylic acids is 1. The monoisotopic (exact) mass is 298 g/mol. The molecule has 2 amide bonds. The molecule has 1 rings (SSSR count). The second kappa shape index (κ2) is 6.26. The Bertz CT molecular complexity index is 491. The van der Waals surface area contributed by atoms with E-state index in [0.717, 1.165) is 4.88 Å². The van der Waals surface area contributed by atoms with Gasteiger partial charge >= 0.3 is 12.0 Å². The molecular weight excluding hydrogens is 276 g/mol. The van der Waals surface area contributed by atoms with E-state index in [9.17, 15) is 14.7 Å². The number of aryl methyl sites for hydroxylation is 1. The van der Waals surface area contributed by atoms with Crippen LogP contribution in [0.25, 0.3) is 0 Å². The van der Waals surface area contributed by atoms with Crippen LogP contribution in [-0.4, -0.2) is 23.1 Å². The van der Waals surface area contributed by atoms with Gasteiger partial charge in [0, 0.05) is 9.75 Å². The van der Waals surface area contributed by atoms with E-state index < -0.39 is 23.5 Å².